The van der Waals surface area contributed by atoms with Crippen LogP contribution in [0.1, 0.15) is 12.0 Å². The highest BCUT2D eigenvalue weighted by molar-refractivity contribution is 5.43. The van der Waals surface area contributed by atoms with Crippen molar-refractivity contribution in [2.24, 2.45) is 0 Å². The van der Waals surface area contributed by atoms with Crippen molar-refractivity contribution < 1.29 is 13.9 Å². The van der Waals surface area contributed by atoms with E-state index in [1.807, 2.05) is 12.1 Å². The van der Waals surface area contributed by atoms with Crippen LogP contribution in [0.5, 0.6) is 11.5 Å². The molecule has 0 aliphatic rings. The molecule has 0 aliphatic carbocycles. The van der Waals surface area contributed by atoms with E-state index in [9.17, 15) is 4.39 Å². The second-order valence-electron chi connectivity index (χ2n) is 4.51. The van der Waals surface area contributed by atoms with Crippen LogP contribution in [0.3, 0.4) is 0 Å². The monoisotopic (exact) mass is 275 g/mol. The molecule has 0 saturated heterocycles. The highest BCUT2D eigenvalue weighted by atomic mass is 19.1. The predicted octanol–water partition coefficient (Wildman–Crippen LogP) is 3.56. The lowest BCUT2D eigenvalue weighted by Crippen LogP contribution is -2.06. The van der Waals surface area contributed by atoms with Gasteiger partial charge >= 0.3 is 0 Å². The first kappa shape index (κ1) is 14.2. The maximum absolute atomic E-state index is 13.7. The van der Waals surface area contributed by atoms with Gasteiger partial charge in [0.15, 0.2) is 11.6 Å². The van der Waals surface area contributed by atoms with Crippen LogP contribution in [-0.4, -0.2) is 13.2 Å². The summed E-state index contributed by atoms with van der Waals surface area (Å²) in [6.45, 7) is 2.62. The van der Waals surface area contributed by atoms with Crippen molar-refractivity contribution in [1.29, 1.82) is 0 Å². The molecule has 0 aromatic heterocycles. The lowest BCUT2D eigenvalue weighted by molar-refractivity contribution is 0.241. The third-order valence-corrected chi connectivity index (χ3v) is 2.83. The largest absolute Gasteiger partial charge is 0.493 e. The Morgan fingerprint density at radius 1 is 1.05 bits per heavy atom. The fourth-order valence-corrected chi connectivity index (χ4v) is 1.77. The molecule has 0 unspecified atom stereocenters. The summed E-state index contributed by atoms with van der Waals surface area (Å²) in [5, 5.41) is 0. The van der Waals surface area contributed by atoms with Gasteiger partial charge in [0.05, 0.1) is 13.2 Å². The smallest absolute Gasteiger partial charge is 0.167 e. The molecule has 0 radical (unpaired) electrons. The second kappa shape index (κ2) is 6.80. The van der Waals surface area contributed by atoms with Crippen molar-refractivity contribution in [2.75, 3.05) is 18.9 Å². The maximum Gasteiger partial charge on any atom is 0.167 e. The molecule has 0 aliphatic heterocycles. The van der Waals surface area contributed by atoms with Crippen LogP contribution in [0, 0.1) is 12.7 Å². The van der Waals surface area contributed by atoms with Gasteiger partial charge in [-0.3, -0.25) is 0 Å². The molecule has 0 fully saturated rings. The topological polar surface area (TPSA) is 44.5 Å². The van der Waals surface area contributed by atoms with E-state index in [2.05, 4.69) is 0 Å². The Hall–Kier alpha value is -2.23. The number of hydrogen-bond acceptors (Lipinski definition) is 3. The minimum Gasteiger partial charge on any atom is -0.493 e. The van der Waals surface area contributed by atoms with Crippen molar-refractivity contribution in [3.63, 3.8) is 0 Å². The molecular formula is C16H18FNO2. The molecule has 0 heterocycles. The van der Waals surface area contributed by atoms with Gasteiger partial charge in [-0.1, -0.05) is 18.2 Å². The summed E-state index contributed by atoms with van der Waals surface area (Å²) in [4.78, 5) is 0. The minimum atomic E-state index is -0.302. The van der Waals surface area contributed by atoms with Crippen LogP contribution < -0.4 is 15.2 Å². The highest BCUT2D eigenvalue weighted by Crippen LogP contribution is 2.20. The van der Waals surface area contributed by atoms with Crippen LogP contribution in [0.25, 0.3) is 0 Å². The minimum absolute atomic E-state index is 0.286. The van der Waals surface area contributed by atoms with Crippen LogP contribution >= 0.6 is 0 Å². The number of rotatable bonds is 6. The number of anilines is 1. The molecule has 2 aromatic carbocycles. The summed E-state index contributed by atoms with van der Waals surface area (Å²) in [6, 6.07) is 12.4. The van der Waals surface area contributed by atoms with E-state index < -0.39 is 0 Å². The summed E-state index contributed by atoms with van der Waals surface area (Å²) in [5.74, 6) is 0.713. The normalized spacial score (nSPS) is 10.3. The molecule has 0 bridgehead atoms. The van der Waals surface area contributed by atoms with E-state index in [4.69, 9.17) is 15.2 Å². The first-order chi connectivity index (χ1) is 9.66. The molecule has 3 nitrogen and oxygen atoms in total. The lowest BCUT2D eigenvalue weighted by atomic mass is 10.2. The molecule has 2 N–H and O–H groups in total. The number of halogens is 1. The Bertz CT molecular complexity index is 572. The van der Waals surface area contributed by atoms with Gasteiger partial charge in [-0.05, 0) is 30.7 Å². The molecule has 2 rings (SSSR count). The third-order valence-electron chi connectivity index (χ3n) is 2.83. The first-order valence-electron chi connectivity index (χ1n) is 6.53. The van der Waals surface area contributed by atoms with E-state index in [0.29, 0.717) is 30.9 Å². The Kier molecular flexibility index (Phi) is 4.82. The van der Waals surface area contributed by atoms with Crippen LogP contribution in [0.4, 0.5) is 10.1 Å². The number of ether oxygens (including phenoxy) is 2. The summed E-state index contributed by atoms with van der Waals surface area (Å²) in [6.07, 6.45) is 0.669. The van der Waals surface area contributed by atoms with Gasteiger partial charge in [-0.2, -0.15) is 0 Å². The molecular weight excluding hydrogens is 257 g/mol. The summed E-state index contributed by atoms with van der Waals surface area (Å²) in [5.41, 5.74) is 6.90. The zero-order valence-corrected chi connectivity index (χ0v) is 11.4. The van der Waals surface area contributed by atoms with Crippen molar-refractivity contribution in [2.45, 2.75) is 13.3 Å². The van der Waals surface area contributed by atoms with E-state index in [1.165, 1.54) is 0 Å². The van der Waals surface area contributed by atoms with Crippen molar-refractivity contribution >= 4 is 5.69 Å². The fourth-order valence-electron chi connectivity index (χ4n) is 1.77. The van der Waals surface area contributed by atoms with Gasteiger partial charge in [-0.15, -0.1) is 0 Å². The molecule has 106 valence electrons. The highest BCUT2D eigenvalue weighted by Gasteiger charge is 2.05. The van der Waals surface area contributed by atoms with Gasteiger partial charge in [0.2, 0.25) is 0 Å². The number of nitrogens with two attached hydrogens (primary N) is 1. The summed E-state index contributed by atoms with van der Waals surface area (Å²) < 4.78 is 24.6. The van der Waals surface area contributed by atoms with E-state index in [1.54, 1.807) is 37.3 Å². The summed E-state index contributed by atoms with van der Waals surface area (Å²) in [7, 11) is 0. The third kappa shape index (κ3) is 3.88. The van der Waals surface area contributed by atoms with Crippen molar-refractivity contribution in [1.82, 2.24) is 0 Å². The van der Waals surface area contributed by atoms with Crippen LogP contribution in [-0.2, 0) is 0 Å². The molecule has 4 heteroatoms. The Morgan fingerprint density at radius 3 is 2.60 bits per heavy atom. The SMILES string of the molecule is Cc1cccc(OCCCOc2cccc(N)c2)c1F. The Labute approximate surface area is 118 Å². The number of nitrogen functional groups attached to an aromatic ring is 1. The average molecular weight is 275 g/mol. The van der Waals surface area contributed by atoms with Gasteiger partial charge in [0.1, 0.15) is 5.75 Å². The number of benzene rings is 2. The lowest BCUT2D eigenvalue weighted by Gasteiger charge is -2.09. The quantitative estimate of drug-likeness (QED) is 0.647. The standard InChI is InChI=1S/C16H18FNO2/c1-12-5-2-8-15(16(12)17)20-10-4-9-19-14-7-3-6-13(18)11-14/h2-3,5-8,11H,4,9-10,18H2,1H3. The molecule has 20 heavy (non-hydrogen) atoms. The van der Waals surface area contributed by atoms with E-state index in [0.717, 1.165) is 5.75 Å². The maximum atomic E-state index is 13.7. The Morgan fingerprint density at radius 2 is 1.80 bits per heavy atom. The zero-order valence-electron chi connectivity index (χ0n) is 11.4. The van der Waals surface area contributed by atoms with Gasteiger partial charge in [0, 0.05) is 18.2 Å². The molecule has 0 spiro atoms. The van der Waals surface area contributed by atoms with Gasteiger partial charge < -0.3 is 15.2 Å². The molecule has 0 atom stereocenters. The number of aryl methyl sites for hydroxylation is 1. The summed E-state index contributed by atoms with van der Waals surface area (Å²) >= 11 is 0. The fraction of sp³-hybridized carbons (Fsp3) is 0.250. The van der Waals surface area contributed by atoms with E-state index in [-0.39, 0.29) is 11.6 Å². The molecule has 2 aromatic rings. The van der Waals surface area contributed by atoms with Crippen LogP contribution in [0.2, 0.25) is 0 Å². The first-order valence-corrected chi connectivity index (χ1v) is 6.53. The molecule has 0 saturated carbocycles. The predicted molar refractivity (Wildman–Crippen MR) is 77.6 cm³/mol. The van der Waals surface area contributed by atoms with Crippen molar-refractivity contribution in [3.8, 4) is 11.5 Å². The second-order valence-corrected chi connectivity index (χ2v) is 4.51. The van der Waals surface area contributed by atoms with E-state index >= 15 is 0 Å². The van der Waals surface area contributed by atoms with Crippen molar-refractivity contribution in [3.05, 3.63) is 53.8 Å². The van der Waals surface area contributed by atoms with Gasteiger partial charge in [-0.25, -0.2) is 4.39 Å². The zero-order chi connectivity index (χ0) is 14.4. The molecule has 0 amide bonds. The average Bonchev–Trinajstić information content (AvgIpc) is 2.43. The number of hydrogen-bond donors (Lipinski definition) is 1. The Balaban J connectivity index is 1.73. The van der Waals surface area contributed by atoms with Gasteiger partial charge in [0.25, 0.3) is 0 Å². The van der Waals surface area contributed by atoms with Crippen LogP contribution in [0.15, 0.2) is 42.5 Å².